The predicted molar refractivity (Wildman–Crippen MR) is 77.8 cm³/mol. The molecule has 2 rings (SSSR count). The van der Waals surface area contributed by atoms with Crippen molar-refractivity contribution in [3.8, 4) is 0 Å². The second-order valence-corrected chi connectivity index (χ2v) is 6.16. The van der Waals surface area contributed by atoms with Crippen LogP contribution in [0.3, 0.4) is 0 Å². The van der Waals surface area contributed by atoms with E-state index in [0.717, 1.165) is 16.7 Å². The summed E-state index contributed by atoms with van der Waals surface area (Å²) < 4.78 is 0. The molecule has 0 radical (unpaired) electrons. The number of nitrogens with one attached hydrogen (secondary N) is 1. The van der Waals surface area contributed by atoms with Crippen molar-refractivity contribution in [3.05, 3.63) is 34.9 Å². The van der Waals surface area contributed by atoms with Crippen LogP contribution in [-0.2, 0) is 5.75 Å². The fourth-order valence-corrected chi connectivity index (χ4v) is 3.64. The highest BCUT2D eigenvalue weighted by molar-refractivity contribution is 7.98. The molecule has 1 aliphatic rings. The monoisotopic (exact) mass is 269 g/mol. The second kappa shape index (κ2) is 7.30. The van der Waals surface area contributed by atoms with Gasteiger partial charge in [0, 0.05) is 10.8 Å². The molecule has 94 valence electrons. The van der Waals surface area contributed by atoms with Crippen molar-refractivity contribution in [2.24, 2.45) is 5.92 Å². The van der Waals surface area contributed by atoms with Crippen LogP contribution < -0.4 is 5.32 Å². The topological polar surface area (TPSA) is 12.0 Å². The van der Waals surface area contributed by atoms with E-state index >= 15 is 0 Å². The first-order valence-corrected chi connectivity index (χ1v) is 7.91. The summed E-state index contributed by atoms with van der Waals surface area (Å²) in [7, 11) is 0. The lowest BCUT2D eigenvalue weighted by Crippen LogP contribution is -2.14. The second-order valence-electron chi connectivity index (χ2n) is 4.69. The Labute approximate surface area is 113 Å². The molecule has 1 aromatic rings. The summed E-state index contributed by atoms with van der Waals surface area (Å²) in [4.78, 5) is 0. The van der Waals surface area contributed by atoms with Gasteiger partial charge in [0.1, 0.15) is 0 Å². The Kier molecular flexibility index (Phi) is 5.69. The first-order valence-electron chi connectivity index (χ1n) is 6.37. The fraction of sp³-hybridized carbons (Fsp3) is 0.571. The Bertz CT molecular complexity index is 335. The number of thioether (sulfide) groups is 1. The summed E-state index contributed by atoms with van der Waals surface area (Å²) >= 11 is 8.02. The predicted octanol–water partition coefficient (Wildman–Crippen LogP) is 3.96. The molecule has 1 heterocycles. The van der Waals surface area contributed by atoms with Gasteiger partial charge < -0.3 is 5.32 Å². The van der Waals surface area contributed by atoms with E-state index < -0.39 is 0 Å². The molecule has 0 saturated carbocycles. The molecule has 1 unspecified atom stereocenters. The quantitative estimate of drug-likeness (QED) is 0.888. The molecule has 1 atom stereocenters. The standard InChI is InChI=1S/C14H20ClNS/c15-14-5-1-3-13(9-14)11-17-10-12-4-2-7-16-8-6-12/h1,3,5,9,12,16H,2,4,6-8,10-11H2. The molecule has 3 heteroatoms. The van der Waals surface area contributed by atoms with Crippen LogP contribution in [0.15, 0.2) is 24.3 Å². The largest absolute Gasteiger partial charge is 0.317 e. The van der Waals surface area contributed by atoms with Gasteiger partial charge in [-0.15, -0.1) is 0 Å². The lowest BCUT2D eigenvalue weighted by Gasteiger charge is -2.12. The maximum absolute atomic E-state index is 5.98. The zero-order chi connectivity index (χ0) is 11.9. The van der Waals surface area contributed by atoms with E-state index in [2.05, 4.69) is 17.4 Å². The molecule has 1 fully saturated rings. The normalized spacial score (nSPS) is 21.1. The van der Waals surface area contributed by atoms with Crippen molar-refractivity contribution < 1.29 is 0 Å². The van der Waals surface area contributed by atoms with Crippen molar-refractivity contribution in [2.75, 3.05) is 18.8 Å². The number of halogens is 1. The fourth-order valence-electron chi connectivity index (χ4n) is 2.23. The molecular weight excluding hydrogens is 250 g/mol. The minimum atomic E-state index is 0.849. The number of benzene rings is 1. The zero-order valence-electron chi connectivity index (χ0n) is 10.1. The molecule has 1 N–H and O–H groups in total. The molecule has 1 nitrogen and oxygen atoms in total. The van der Waals surface area contributed by atoms with Crippen LogP contribution in [0.25, 0.3) is 0 Å². The maximum Gasteiger partial charge on any atom is 0.0409 e. The van der Waals surface area contributed by atoms with Crippen molar-refractivity contribution in [2.45, 2.75) is 25.0 Å². The number of rotatable bonds is 4. The summed E-state index contributed by atoms with van der Waals surface area (Å²) in [6.45, 7) is 2.40. The molecule has 0 amide bonds. The van der Waals surface area contributed by atoms with Crippen molar-refractivity contribution >= 4 is 23.4 Å². The minimum absolute atomic E-state index is 0.849. The lowest BCUT2D eigenvalue weighted by molar-refractivity contribution is 0.528. The Morgan fingerprint density at radius 2 is 2.24 bits per heavy atom. The van der Waals surface area contributed by atoms with Gasteiger partial charge in [0.05, 0.1) is 0 Å². The van der Waals surface area contributed by atoms with E-state index in [-0.39, 0.29) is 0 Å². The van der Waals surface area contributed by atoms with Gasteiger partial charge in [0.15, 0.2) is 0 Å². The van der Waals surface area contributed by atoms with Crippen LogP contribution in [0.5, 0.6) is 0 Å². The highest BCUT2D eigenvalue weighted by Gasteiger charge is 2.11. The van der Waals surface area contributed by atoms with Crippen LogP contribution in [0, 0.1) is 5.92 Å². The third-order valence-electron chi connectivity index (χ3n) is 3.21. The van der Waals surface area contributed by atoms with Gasteiger partial charge in [0.25, 0.3) is 0 Å². The summed E-state index contributed by atoms with van der Waals surface area (Å²) in [5.74, 6) is 3.27. The van der Waals surface area contributed by atoms with Crippen molar-refractivity contribution in [1.29, 1.82) is 0 Å². The molecule has 1 aliphatic heterocycles. The van der Waals surface area contributed by atoms with E-state index in [1.165, 1.54) is 43.7 Å². The van der Waals surface area contributed by atoms with Gasteiger partial charge in [-0.2, -0.15) is 11.8 Å². The number of hydrogen-bond acceptors (Lipinski definition) is 2. The van der Waals surface area contributed by atoms with E-state index in [9.17, 15) is 0 Å². The van der Waals surface area contributed by atoms with Crippen LogP contribution in [0.2, 0.25) is 5.02 Å². The summed E-state index contributed by atoms with van der Waals surface area (Å²) in [6, 6.07) is 8.21. The molecule has 1 saturated heterocycles. The average Bonchev–Trinajstić information content (AvgIpc) is 2.58. The molecule has 1 aromatic carbocycles. The third-order valence-corrected chi connectivity index (χ3v) is 4.69. The smallest absolute Gasteiger partial charge is 0.0409 e. The zero-order valence-corrected chi connectivity index (χ0v) is 11.7. The summed E-state index contributed by atoms with van der Waals surface area (Å²) in [5.41, 5.74) is 1.34. The Hall–Kier alpha value is -0.180. The van der Waals surface area contributed by atoms with Gasteiger partial charge in [-0.25, -0.2) is 0 Å². The van der Waals surface area contributed by atoms with Crippen molar-refractivity contribution in [1.82, 2.24) is 5.32 Å². The highest BCUT2D eigenvalue weighted by Crippen LogP contribution is 2.23. The first-order chi connectivity index (χ1) is 8.34. The first kappa shape index (κ1) is 13.3. The third kappa shape index (κ3) is 4.90. The van der Waals surface area contributed by atoms with Crippen LogP contribution in [0.1, 0.15) is 24.8 Å². The molecule has 0 bridgehead atoms. The molecular formula is C14H20ClNS. The van der Waals surface area contributed by atoms with Crippen LogP contribution in [0.4, 0.5) is 0 Å². The SMILES string of the molecule is Clc1cccc(CSCC2CCCNCC2)c1. The summed E-state index contributed by atoms with van der Waals surface area (Å²) in [5, 5.41) is 4.31. The number of hydrogen-bond donors (Lipinski definition) is 1. The van der Waals surface area contributed by atoms with E-state index in [1.807, 2.05) is 23.9 Å². The molecule has 0 aromatic heterocycles. The van der Waals surface area contributed by atoms with Gasteiger partial charge in [0.2, 0.25) is 0 Å². The van der Waals surface area contributed by atoms with Gasteiger partial charge >= 0.3 is 0 Å². The van der Waals surface area contributed by atoms with Crippen molar-refractivity contribution in [3.63, 3.8) is 0 Å². The Morgan fingerprint density at radius 3 is 3.12 bits per heavy atom. The van der Waals surface area contributed by atoms with E-state index in [4.69, 9.17) is 11.6 Å². The summed E-state index contributed by atoms with van der Waals surface area (Å²) in [6.07, 6.45) is 4.06. The highest BCUT2D eigenvalue weighted by atomic mass is 35.5. The Morgan fingerprint density at radius 1 is 1.29 bits per heavy atom. The van der Waals surface area contributed by atoms with E-state index in [0.29, 0.717) is 0 Å². The van der Waals surface area contributed by atoms with Crippen LogP contribution in [-0.4, -0.2) is 18.8 Å². The van der Waals surface area contributed by atoms with Gasteiger partial charge in [-0.1, -0.05) is 23.7 Å². The lowest BCUT2D eigenvalue weighted by atomic mass is 10.0. The molecule has 0 aliphatic carbocycles. The van der Waals surface area contributed by atoms with E-state index in [1.54, 1.807) is 0 Å². The average molecular weight is 270 g/mol. The molecule has 0 spiro atoms. The van der Waals surface area contributed by atoms with Crippen LogP contribution >= 0.6 is 23.4 Å². The van der Waals surface area contributed by atoms with Gasteiger partial charge in [-0.05, 0) is 61.7 Å². The maximum atomic E-state index is 5.98. The Balaban J connectivity index is 1.71. The minimum Gasteiger partial charge on any atom is -0.317 e. The van der Waals surface area contributed by atoms with Gasteiger partial charge in [-0.3, -0.25) is 0 Å². The molecule has 17 heavy (non-hydrogen) atoms.